The highest BCUT2D eigenvalue weighted by molar-refractivity contribution is 7.88. The van der Waals surface area contributed by atoms with E-state index in [-0.39, 0.29) is 18.7 Å². The van der Waals surface area contributed by atoms with E-state index in [1.165, 1.54) is 0 Å². The maximum Gasteiger partial charge on any atom is 0.407 e. The van der Waals surface area contributed by atoms with E-state index in [2.05, 4.69) is 10.0 Å². The maximum absolute atomic E-state index is 11.6. The predicted octanol–water partition coefficient (Wildman–Crippen LogP) is 0.608. The third kappa shape index (κ3) is 7.66. The summed E-state index contributed by atoms with van der Waals surface area (Å²) in [7, 11) is -3.20. The van der Waals surface area contributed by atoms with E-state index in [9.17, 15) is 13.2 Å². The molecule has 1 aliphatic heterocycles. The van der Waals surface area contributed by atoms with Gasteiger partial charge >= 0.3 is 6.09 Å². The highest BCUT2D eigenvalue weighted by Gasteiger charge is 2.25. The summed E-state index contributed by atoms with van der Waals surface area (Å²) in [6.07, 6.45) is 1.92. The minimum absolute atomic E-state index is 0.0978. The Morgan fingerprint density at radius 1 is 1.35 bits per heavy atom. The zero-order valence-electron chi connectivity index (χ0n) is 12.4. The van der Waals surface area contributed by atoms with Crippen molar-refractivity contribution < 1.29 is 22.7 Å². The first-order valence-corrected chi connectivity index (χ1v) is 8.50. The van der Waals surface area contributed by atoms with Crippen molar-refractivity contribution in [2.24, 2.45) is 0 Å². The number of carbonyl (C=O) groups is 1. The summed E-state index contributed by atoms with van der Waals surface area (Å²) < 4.78 is 35.0. The van der Waals surface area contributed by atoms with Crippen LogP contribution in [0.5, 0.6) is 0 Å². The van der Waals surface area contributed by atoms with Crippen LogP contribution in [0.15, 0.2) is 0 Å². The van der Waals surface area contributed by atoms with Crippen LogP contribution in [0.1, 0.15) is 33.6 Å². The molecule has 0 unspecified atom stereocenters. The Balaban J connectivity index is 2.27. The molecule has 20 heavy (non-hydrogen) atoms. The van der Waals surface area contributed by atoms with Crippen LogP contribution in [0, 0.1) is 0 Å². The van der Waals surface area contributed by atoms with E-state index in [0.29, 0.717) is 13.0 Å². The number of ether oxygens (including phenoxy) is 2. The van der Waals surface area contributed by atoms with Crippen molar-refractivity contribution in [1.29, 1.82) is 0 Å². The number of hydrogen-bond acceptors (Lipinski definition) is 5. The van der Waals surface area contributed by atoms with E-state index in [1.54, 1.807) is 20.8 Å². The first-order valence-electron chi connectivity index (χ1n) is 6.61. The monoisotopic (exact) mass is 308 g/mol. The predicted molar refractivity (Wildman–Crippen MR) is 75.0 cm³/mol. The molecule has 7 nitrogen and oxygen atoms in total. The lowest BCUT2D eigenvalue weighted by Crippen LogP contribution is -2.46. The summed E-state index contributed by atoms with van der Waals surface area (Å²) in [6.45, 7) is 6.03. The zero-order chi connectivity index (χ0) is 15.4. The molecule has 0 bridgehead atoms. The molecule has 0 aromatic carbocycles. The van der Waals surface area contributed by atoms with Gasteiger partial charge in [0.25, 0.3) is 0 Å². The van der Waals surface area contributed by atoms with Crippen molar-refractivity contribution in [2.45, 2.75) is 51.4 Å². The molecular formula is C12H24N2O5S. The molecule has 118 valence electrons. The average Bonchev–Trinajstić information content (AvgIpc) is 2.24. The van der Waals surface area contributed by atoms with Crippen LogP contribution in [0.4, 0.5) is 4.79 Å². The molecular weight excluding hydrogens is 284 g/mol. The van der Waals surface area contributed by atoms with Gasteiger partial charge in [-0.2, -0.15) is 0 Å². The summed E-state index contributed by atoms with van der Waals surface area (Å²) in [5.74, 6) is 0. The van der Waals surface area contributed by atoms with Crippen molar-refractivity contribution in [3.05, 3.63) is 0 Å². The van der Waals surface area contributed by atoms with Gasteiger partial charge in [0.15, 0.2) is 0 Å². The van der Waals surface area contributed by atoms with E-state index in [4.69, 9.17) is 9.47 Å². The third-order valence-corrected chi connectivity index (χ3v) is 3.36. The van der Waals surface area contributed by atoms with Crippen molar-refractivity contribution >= 4 is 16.1 Å². The number of sulfonamides is 1. The molecule has 1 heterocycles. The Kier molecular flexibility index (Phi) is 5.79. The van der Waals surface area contributed by atoms with Crippen molar-refractivity contribution in [3.8, 4) is 0 Å². The normalized spacial score (nSPS) is 24.2. The Morgan fingerprint density at radius 2 is 2.00 bits per heavy atom. The molecule has 0 aliphatic carbocycles. The molecule has 0 aromatic rings. The van der Waals surface area contributed by atoms with Crippen molar-refractivity contribution in [2.75, 3.05) is 19.4 Å². The van der Waals surface area contributed by atoms with Gasteiger partial charge in [0.05, 0.1) is 25.0 Å². The molecule has 0 radical (unpaired) electrons. The molecule has 1 rings (SSSR count). The molecule has 2 atom stereocenters. The number of rotatable bonds is 4. The van der Waals surface area contributed by atoms with Crippen LogP contribution in [0.2, 0.25) is 0 Å². The second kappa shape index (κ2) is 6.73. The second-order valence-corrected chi connectivity index (χ2v) is 7.83. The van der Waals surface area contributed by atoms with Gasteiger partial charge in [0.1, 0.15) is 5.60 Å². The first kappa shape index (κ1) is 17.2. The molecule has 1 aliphatic rings. The summed E-state index contributed by atoms with van der Waals surface area (Å²) >= 11 is 0. The van der Waals surface area contributed by atoms with Crippen LogP contribution in [0.25, 0.3) is 0 Å². The Labute approximate surface area is 120 Å². The van der Waals surface area contributed by atoms with Crippen LogP contribution in [0.3, 0.4) is 0 Å². The molecule has 1 amide bonds. The number of alkyl carbamates (subject to hydrolysis) is 1. The smallest absolute Gasteiger partial charge is 0.407 e. The van der Waals surface area contributed by atoms with Crippen molar-refractivity contribution in [3.63, 3.8) is 0 Å². The molecule has 1 saturated heterocycles. The molecule has 2 N–H and O–H groups in total. The van der Waals surface area contributed by atoms with E-state index < -0.39 is 21.7 Å². The maximum atomic E-state index is 11.6. The highest BCUT2D eigenvalue weighted by atomic mass is 32.2. The minimum atomic E-state index is -3.20. The van der Waals surface area contributed by atoms with Gasteiger partial charge < -0.3 is 14.8 Å². The summed E-state index contributed by atoms with van der Waals surface area (Å²) in [5.41, 5.74) is -0.526. The second-order valence-electron chi connectivity index (χ2n) is 6.00. The Hall–Kier alpha value is -0.860. The van der Waals surface area contributed by atoms with Crippen LogP contribution >= 0.6 is 0 Å². The Morgan fingerprint density at radius 3 is 2.45 bits per heavy atom. The fraction of sp³-hybridized carbons (Fsp3) is 0.917. The van der Waals surface area contributed by atoms with E-state index in [0.717, 1.165) is 12.7 Å². The van der Waals surface area contributed by atoms with Gasteiger partial charge in [-0.15, -0.1) is 0 Å². The summed E-state index contributed by atoms with van der Waals surface area (Å²) in [4.78, 5) is 11.6. The molecule has 0 spiro atoms. The van der Waals surface area contributed by atoms with Gasteiger partial charge in [-0.1, -0.05) is 0 Å². The first-order chi connectivity index (χ1) is 9.05. The molecule has 0 saturated carbocycles. The van der Waals surface area contributed by atoms with Crippen LogP contribution < -0.4 is 10.0 Å². The standard InChI is InChI=1S/C12H24N2O5S/c1-12(2,3)19-11(15)14-9-5-6-10(18-8-9)7-13-20(4,16)17/h9-10,13H,5-8H2,1-4H3,(H,14,15)/t9-,10+/m1/s1. The zero-order valence-corrected chi connectivity index (χ0v) is 13.2. The highest BCUT2D eigenvalue weighted by Crippen LogP contribution is 2.14. The van der Waals surface area contributed by atoms with Gasteiger partial charge in [-0.05, 0) is 33.6 Å². The number of hydrogen-bond donors (Lipinski definition) is 2. The summed E-state index contributed by atoms with van der Waals surface area (Å²) in [6, 6.07) is -0.0978. The molecule has 0 aromatic heterocycles. The van der Waals surface area contributed by atoms with Crippen LogP contribution in [-0.2, 0) is 19.5 Å². The van der Waals surface area contributed by atoms with E-state index in [1.807, 2.05) is 0 Å². The quantitative estimate of drug-likeness (QED) is 0.793. The van der Waals surface area contributed by atoms with Gasteiger partial charge in [0, 0.05) is 6.54 Å². The average molecular weight is 308 g/mol. The lowest BCUT2D eigenvalue weighted by atomic mass is 10.1. The lowest BCUT2D eigenvalue weighted by Gasteiger charge is -2.30. The number of nitrogens with one attached hydrogen (secondary N) is 2. The number of amides is 1. The van der Waals surface area contributed by atoms with Crippen LogP contribution in [-0.4, -0.2) is 51.7 Å². The molecule has 8 heteroatoms. The minimum Gasteiger partial charge on any atom is -0.444 e. The fourth-order valence-electron chi connectivity index (χ4n) is 1.80. The Bertz CT molecular complexity index is 422. The third-order valence-electron chi connectivity index (χ3n) is 2.66. The lowest BCUT2D eigenvalue weighted by molar-refractivity contribution is -0.00475. The number of carbonyl (C=O) groups excluding carboxylic acids is 1. The van der Waals surface area contributed by atoms with Crippen molar-refractivity contribution in [1.82, 2.24) is 10.0 Å². The topological polar surface area (TPSA) is 93.7 Å². The van der Waals surface area contributed by atoms with Gasteiger partial charge in [0.2, 0.25) is 10.0 Å². The van der Waals surface area contributed by atoms with E-state index >= 15 is 0 Å². The fourth-order valence-corrected chi connectivity index (χ4v) is 2.29. The van der Waals surface area contributed by atoms with Gasteiger partial charge in [-0.25, -0.2) is 17.9 Å². The van der Waals surface area contributed by atoms with Gasteiger partial charge in [-0.3, -0.25) is 0 Å². The largest absolute Gasteiger partial charge is 0.444 e. The molecule has 1 fully saturated rings. The summed E-state index contributed by atoms with van der Waals surface area (Å²) in [5, 5.41) is 2.74. The SMILES string of the molecule is CC(C)(C)OC(=O)N[C@@H]1CC[C@@H](CNS(C)(=O)=O)OC1.